The first-order valence-electron chi connectivity index (χ1n) is 4.60. The van der Waals surface area contributed by atoms with Crippen molar-refractivity contribution in [1.29, 1.82) is 0 Å². The molecule has 1 saturated heterocycles. The molecule has 0 amide bonds. The Morgan fingerprint density at radius 3 is 2.08 bits per heavy atom. The first kappa shape index (κ1) is 9.43. The molecular weight excluding hydrogens is 190 g/mol. The number of aliphatic hydroxyl groups is 1. The van der Waals surface area contributed by atoms with E-state index in [4.69, 9.17) is 0 Å². The molecule has 13 heavy (non-hydrogen) atoms. The van der Waals surface area contributed by atoms with Crippen LogP contribution >= 0.6 is 0 Å². The quantitative estimate of drug-likeness (QED) is 0.636. The Labute approximate surface area is 78.6 Å². The van der Waals surface area contributed by atoms with Crippen LogP contribution in [0.3, 0.4) is 0 Å². The summed E-state index contributed by atoms with van der Waals surface area (Å²) in [5.74, 6) is 0.787. The van der Waals surface area contributed by atoms with Gasteiger partial charge in [-0.3, -0.25) is 0 Å². The van der Waals surface area contributed by atoms with Crippen LogP contribution in [-0.4, -0.2) is 43.3 Å². The lowest BCUT2D eigenvalue weighted by atomic mass is 10.0. The SMILES string of the molecule is CS(=O)(=O)N1C[C@H]2CC(O)C[C@@H]2C1. The Hall–Kier alpha value is -0.130. The fraction of sp³-hybridized carbons (Fsp3) is 1.00. The molecular formula is C8H15NO3S. The zero-order valence-electron chi connectivity index (χ0n) is 7.68. The van der Waals surface area contributed by atoms with Crippen molar-refractivity contribution in [2.75, 3.05) is 19.3 Å². The van der Waals surface area contributed by atoms with E-state index in [1.165, 1.54) is 10.6 Å². The van der Waals surface area contributed by atoms with Gasteiger partial charge in [0.1, 0.15) is 0 Å². The monoisotopic (exact) mass is 205 g/mol. The topological polar surface area (TPSA) is 57.6 Å². The lowest BCUT2D eigenvalue weighted by Crippen LogP contribution is -2.29. The second-order valence-corrected chi connectivity index (χ2v) is 6.21. The van der Waals surface area contributed by atoms with Gasteiger partial charge in [-0.2, -0.15) is 0 Å². The summed E-state index contributed by atoms with van der Waals surface area (Å²) in [6.07, 6.45) is 2.61. The molecule has 0 aromatic rings. The van der Waals surface area contributed by atoms with Gasteiger partial charge in [-0.25, -0.2) is 12.7 Å². The van der Waals surface area contributed by atoms with Crippen LogP contribution in [0.4, 0.5) is 0 Å². The number of sulfonamides is 1. The van der Waals surface area contributed by atoms with E-state index >= 15 is 0 Å². The molecule has 1 N–H and O–H groups in total. The van der Waals surface area contributed by atoms with Crippen LogP contribution in [0.25, 0.3) is 0 Å². The second kappa shape index (κ2) is 2.93. The van der Waals surface area contributed by atoms with Crippen LogP contribution in [0.5, 0.6) is 0 Å². The van der Waals surface area contributed by atoms with Crippen molar-refractivity contribution in [2.24, 2.45) is 11.8 Å². The van der Waals surface area contributed by atoms with Crippen LogP contribution in [0.1, 0.15) is 12.8 Å². The number of aliphatic hydroxyl groups excluding tert-OH is 1. The van der Waals surface area contributed by atoms with E-state index in [2.05, 4.69) is 0 Å². The van der Waals surface area contributed by atoms with E-state index in [1.54, 1.807) is 0 Å². The van der Waals surface area contributed by atoms with Crippen molar-refractivity contribution in [3.8, 4) is 0 Å². The minimum atomic E-state index is -3.01. The molecule has 2 rings (SSSR count). The first-order valence-corrected chi connectivity index (χ1v) is 6.45. The van der Waals surface area contributed by atoms with Gasteiger partial charge >= 0.3 is 0 Å². The Morgan fingerprint density at radius 2 is 1.69 bits per heavy atom. The van der Waals surface area contributed by atoms with Gasteiger partial charge in [0.05, 0.1) is 12.4 Å². The van der Waals surface area contributed by atoms with Crippen molar-refractivity contribution in [2.45, 2.75) is 18.9 Å². The third-order valence-corrected chi connectivity index (χ3v) is 4.40. The van der Waals surface area contributed by atoms with E-state index in [1.807, 2.05) is 0 Å². The van der Waals surface area contributed by atoms with Crippen molar-refractivity contribution < 1.29 is 13.5 Å². The summed E-state index contributed by atoms with van der Waals surface area (Å²) in [6.45, 7) is 1.22. The summed E-state index contributed by atoms with van der Waals surface area (Å²) >= 11 is 0. The zero-order chi connectivity index (χ0) is 9.64. The summed E-state index contributed by atoms with van der Waals surface area (Å²) in [7, 11) is -3.01. The molecule has 0 bridgehead atoms. The molecule has 2 fully saturated rings. The number of fused-ring (bicyclic) bond motifs is 1. The molecule has 4 nitrogen and oxygen atoms in total. The Kier molecular flexibility index (Phi) is 2.13. The highest BCUT2D eigenvalue weighted by Crippen LogP contribution is 2.38. The van der Waals surface area contributed by atoms with Crippen LogP contribution in [0.15, 0.2) is 0 Å². The highest BCUT2D eigenvalue weighted by molar-refractivity contribution is 7.88. The molecule has 76 valence electrons. The first-order chi connectivity index (χ1) is 5.97. The fourth-order valence-electron chi connectivity index (χ4n) is 2.50. The van der Waals surface area contributed by atoms with Gasteiger partial charge in [-0.15, -0.1) is 0 Å². The Balaban J connectivity index is 2.06. The molecule has 0 spiro atoms. The van der Waals surface area contributed by atoms with Gasteiger partial charge in [-0.1, -0.05) is 0 Å². The van der Waals surface area contributed by atoms with E-state index in [9.17, 15) is 13.5 Å². The van der Waals surface area contributed by atoms with Gasteiger partial charge in [-0.05, 0) is 24.7 Å². The summed E-state index contributed by atoms with van der Waals surface area (Å²) in [6, 6.07) is 0. The second-order valence-electron chi connectivity index (χ2n) is 4.23. The maximum Gasteiger partial charge on any atom is 0.211 e. The zero-order valence-corrected chi connectivity index (χ0v) is 8.50. The summed E-state index contributed by atoms with van der Waals surface area (Å²) in [4.78, 5) is 0. The molecule has 0 aromatic heterocycles. The molecule has 0 aromatic carbocycles. The molecule has 1 aliphatic carbocycles. The Morgan fingerprint density at radius 1 is 1.23 bits per heavy atom. The molecule has 1 aliphatic heterocycles. The molecule has 1 saturated carbocycles. The highest BCUT2D eigenvalue weighted by atomic mass is 32.2. The number of nitrogens with zero attached hydrogens (tertiary/aromatic N) is 1. The van der Waals surface area contributed by atoms with Gasteiger partial charge in [0, 0.05) is 13.1 Å². The molecule has 5 heteroatoms. The maximum absolute atomic E-state index is 11.2. The van der Waals surface area contributed by atoms with Crippen molar-refractivity contribution in [3.63, 3.8) is 0 Å². The third kappa shape index (κ3) is 1.73. The minimum absolute atomic E-state index is 0.197. The molecule has 1 heterocycles. The fourth-order valence-corrected chi connectivity index (χ4v) is 3.42. The lowest BCUT2D eigenvalue weighted by Gasteiger charge is -2.14. The standard InChI is InChI=1S/C8H15NO3S/c1-13(11,12)9-4-6-2-8(10)3-7(6)5-9/h6-8,10H,2-5H2,1H3/t6-,7-/m1/s1. The molecule has 0 radical (unpaired) electrons. The number of rotatable bonds is 1. The van der Waals surface area contributed by atoms with Crippen molar-refractivity contribution in [1.82, 2.24) is 4.31 Å². The largest absolute Gasteiger partial charge is 0.393 e. The lowest BCUT2D eigenvalue weighted by molar-refractivity contribution is 0.169. The van der Waals surface area contributed by atoms with Gasteiger partial charge in [0.15, 0.2) is 0 Å². The van der Waals surface area contributed by atoms with Gasteiger partial charge in [0.25, 0.3) is 0 Å². The predicted molar refractivity (Wildman–Crippen MR) is 48.6 cm³/mol. The smallest absolute Gasteiger partial charge is 0.211 e. The normalized spacial score (nSPS) is 36.8. The van der Waals surface area contributed by atoms with Crippen LogP contribution in [0.2, 0.25) is 0 Å². The number of hydrogen-bond donors (Lipinski definition) is 1. The minimum Gasteiger partial charge on any atom is -0.393 e. The highest BCUT2D eigenvalue weighted by Gasteiger charge is 2.42. The third-order valence-electron chi connectivity index (χ3n) is 3.16. The van der Waals surface area contributed by atoms with E-state index < -0.39 is 10.0 Å². The average Bonchev–Trinajstić information content (AvgIpc) is 2.40. The van der Waals surface area contributed by atoms with E-state index in [0.29, 0.717) is 24.9 Å². The number of hydrogen-bond acceptors (Lipinski definition) is 3. The molecule has 0 unspecified atom stereocenters. The van der Waals surface area contributed by atoms with Crippen molar-refractivity contribution >= 4 is 10.0 Å². The van der Waals surface area contributed by atoms with E-state index in [-0.39, 0.29) is 6.10 Å². The summed E-state index contributed by atoms with van der Waals surface area (Å²) in [5, 5.41) is 9.36. The maximum atomic E-state index is 11.2. The molecule has 2 atom stereocenters. The van der Waals surface area contributed by atoms with Crippen LogP contribution in [0, 0.1) is 11.8 Å². The van der Waals surface area contributed by atoms with Crippen LogP contribution in [-0.2, 0) is 10.0 Å². The van der Waals surface area contributed by atoms with E-state index in [0.717, 1.165) is 12.8 Å². The average molecular weight is 205 g/mol. The van der Waals surface area contributed by atoms with Crippen LogP contribution < -0.4 is 0 Å². The van der Waals surface area contributed by atoms with Gasteiger partial charge in [0.2, 0.25) is 10.0 Å². The molecule has 2 aliphatic rings. The summed E-state index contributed by atoms with van der Waals surface area (Å²) in [5.41, 5.74) is 0. The summed E-state index contributed by atoms with van der Waals surface area (Å²) < 4.78 is 24.0. The van der Waals surface area contributed by atoms with Gasteiger partial charge < -0.3 is 5.11 Å². The predicted octanol–water partition coefficient (Wildman–Crippen LogP) is -0.351. The Bertz CT molecular complexity index is 287. The van der Waals surface area contributed by atoms with Crippen molar-refractivity contribution in [3.05, 3.63) is 0 Å².